The van der Waals surface area contributed by atoms with E-state index in [9.17, 15) is 4.79 Å². The fourth-order valence-corrected chi connectivity index (χ4v) is 1.48. The number of aromatic amines is 1. The van der Waals surface area contributed by atoms with Gasteiger partial charge in [-0.15, -0.1) is 10.2 Å². The van der Waals surface area contributed by atoms with Crippen LogP contribution in [-0.4, -0.2) is 32.6 Å². The van der Waals surface area contributed by atoms with Gasteiger partial charge in [-0.3, -0.25) is 4.79 Å². The number of ether oxygens (including phenoxy) is 1. The van der Waals surface area contributed by atoms with Gasteiger partial charge in [0.05, 0.1) is 12.6 Å². The first-order valence-corrected chi connectivity index (χ1v) is 5.92. The highest BCUT2D eigenvalue weighted by Gasteiger charge is 2.07. The van der Waals surface area contributed by atoms with Crippen LogP contribution in [0.15, 0.2) is 24.3 Å². The number of aromatic nitrogens is 4. The third-order valence-corrected chi connectivity index (χ3v) is 2.28. The summed E-state index contributed by atoms with van der Waals surface area (Å²) < 4.78 is 5.50. The molecule has 0 saturated heterocycles. The minimum Gasteiger partial charge on any atom is -0.491 e. The summed E-state index contributed by atoms with van der Waals surface area (Å²) in [6, 6.07) is 6.96. The van der Waals surface area contributed by atoms with Crippen molar-refractivity contribution in [2.75, 3.05) is 0 Å². The van der Waals surface area contributed by atoms with Gasteiger partial charge in [0.1, 0.15) is 5.75 Å². The number of benzene rings is 1. The Labute approximate surface area is 110 Å². The number of H-pyrrole nitrogens is 1. The summed E-state index contributed by atoms with van der Waals surface area (Å²) in [5.74, 6) is 0.985. The maximum atomic E-state index is 11.8. The van der Waals surface area contributed by atoms with E-state index in [1.807, 2.05) is 13.8 Å². The van der Waals surface area contributed by atoms with E-state index in [2.05, 4.69) is 25.9 Å². The van der Waals surface area contributed by atoms with Crippen molar-refractivity contribution in [1.82, 2.24) is 25.9 Å². The SMILES string of the molecule is CC(C)Oc1ccc(C(=O)NCc2nn[nH]n2)cc1. The van der Waals surface area contributed by atoms with Crippen molar-refractivity contribution in [2.24, 2.45) is 0 Å². The van der Waals surface area contributed by atoms with Gasteiger partial charge in [0.2, 0.25) is 0 Å². The normalized spacial score (nSPS) is 10.5. The van der Waals surface area contributed by atoms with Crippen molar-refractivity contribution >= 4 is 5.91 Å². The molecule has 0 saturated carbocycles. The van der Waals surface area contributed by atoms with E-state index in [1.54, 1.807) is 24.3 Å². The monoisotopic (exact) mass is 261 g/mol. The summed E-state index contributed by atoms with van der Waals surface area (Å²) >= 11 is 0. The predicted octanol–water partition coefficient (Wildman–Crippen LogP) is 0.917. The Morgan fingerprint density at radius 2 is 2.11 bits per heavy atom. The Morgan fingerprint density at radius 1 is 1.37 bits per heavy atom. The largest absolute Gasteiger partial charge is 0.491 e. The van der Waals surface area contributed by atoms with Gasteiger partial charge in [-0.05, 0) is 38.1 Å². The number of nitrogens with one attached hydrogen (secondary N) is 2. The lowest BCUT2D eigenvalue weighted by molar-refractivity contribution is 0.0950. The molecule has 0 radical (unpaired) electrons. The molecule has 100 valence electrons. The molecule has 0 unspecified atom stereocenters. The number of hydrogen-bond donors (Lipinski definition) is 2. The van der Waals surface area contributed by atoms with Crippen molar-refractivity contribution in [3.8, 4) is 5.75 Å². The van der Waals surface area contributed by atoms with Gasteiger partial charge in [0.15, 0.2) is 5.82 Å². The highest BCUT2D eigenvalue weighted by molar-refractivity contribution is 5.94. The van der Waals surface area contributed by atoms with Crippen LogP contribution < -0.4 is 10.1 Å². The fraction of sp³-hybridized carbons (Fsp3) is 0.333. The zero-order valence-electron chi connectivity index (χ0n) is 10.8. The number of carbonyl (C=O) groups is 1. The first-order valence-electron chi connectivity index (χ1n) is 5.92. The predicted molar refractivity (Wildman–Crippen MR) is 67.6 cm³/mol. The topological polar surface area (TPSA) is 92.8 Å². The summed E-state index contributed by atoms with van der Waals surface area (Å²) in [5, 5.41) is 15.9. The first-order chi connectivity index (χ1) is 9.15. The molecule has 0 bridgehead atoms. The van der Waals surface area contributed by atoms with Crippen molar-refractivity contribution in [2.45, 2.75) is 26.5 Å². The Bertz CT molecular complexity index is 522. The molecule has 1 heterocycles. The fourth-order valence-electron chi connectivity index (χ4n) is 1.48. The van der Waals surface area contributed by atoms with E-state index in [-0.39, 0.29) is 18.6 Å². The van der Waals surface area contributed by atoms with E-state index in [1.165, 1.54) is 0 Å². The van der Waals surface area contributed by atoms with Crippen LogP contribution in [-0.2, 0) is 6.54 Å². The molecule has 0 fully saturated rings. The number of hydrogen-bond acceptors (Lipinski definition) is 5. The zero-order valence-corrected chi connectivity index (χ0v) is 10.8. The van der Waals surface area contributed by atoms with Crippen LogP contribution >= 0.6 is 0 Å². The Morgan fingerprint density at radius 3 is 2.68 bits per heavy atom. The van der Waals surface area contributed by atoms with Gasteiger partial charge in [0, 0.05) is 5.56 Å². The molecule has 0 aliphatic rings. The number of tetrazole rings is 1. The Kier molecular flexibility index (Phi) is 4.07. The van der Waals surface area contributed by atoms with E-state index >= 15 is 0 Å². The minimum absolute atomic E-state index is 0.109. The number of nitrogens with zero attached hydrogens (tertiary/aromatic N) is 3. The standard InChI is InChI=1S/C12H15N5O2/c1-8(2)19-10-5-3-9(4-6-10)12(18)13-7-11-14-16-17-15-11/h3-6,8H,7H2,1-2H3,(H,13,18)(H,14,15,16,17). The summed E-state index contributed by atoms with van der Waals surface area (Å²) in [4.78, 5) is 11.8. The average Bonchev–Trinajstić information content (AvgIpc) is 2.89. The lowest BCUT2D eigenvalue weighted by Gasteiger charge is -2.09. The Balaban J connectivity index is 1.92. The van der Waals surface area contributed by atoms with E-state index in [0.717, 1.165) is 5.75 Å². The van der Waals surface area contributed by atoms with E-state index < -0.39 is 0 Å². The molecule has 2 N–H and O–H groups in total. The highest BCUT2D eigenvalue weighted by Crippen LogP contribution is 2.13. The van der Waals surface area contributed by atoms with Crippen molar-refractivity contribution in [1.29, 1.82) is 0 Å². The maximum Gasteiger partial charge on any atom is 0.251 e. The van der Waals surface area contributed by atoms with Crippen LogP contribution in [0.3, 0.4) is 0 Å². The second-order valence-electron chi connectivity index (χ2n) is 4.20. The van der Waals surface area contributed by atoms with Crippen molar-refractivity contribution in [3.63, 3.8) is 0 Å². The maximum absolute atomic E-state index is 11.8. The molecule has 0 spiro atoms. The first kappa shape index (κ1) is 13.0. The second kappa shape index (κ2) is 5.94. The molecule has 0 aliphatic heterocycles. The molecule has 2 aromatic rings. The smallest absolute Gasteiger partial charge is 0.251 e. The zero-order chi connectivity index (χ0) is 13.7. The molecule has 1 amide bonds. The average molecular weight is 261 g/mol. The molecule has 7 nitrogen and oxygen atoms in total. The third-order valence-electron chi connectivity index (χ3n) is 2.28. The molecular formula is C12H15N5O2. The van der Waals surface area contributed by atoms with Crippen LogP contribution in [0.2, 0.25) is 0 Å². The number of rotatable bonds is 5. The van der Waals surface area contributed by atoms with E-state index in [0.29, 0.717) is 11.4 Å². The molecule has 1 aromatic carbocycles. The summed E-state index contributed by atoms with van der Waals surface area (Å²) in [6.45, 7) is 4.14. The molecule has 7 heteroatoms. The minimum atomic E-state index is -0.194. The lowest BCUT2D eigenvalue weighted by atomic mass is 10.2. The summed E-state index contributed by atoms with van der Waals surface area (Å²) in [6.07, 6.45) is 0.109. The van der Waals surface area contributed by atoms with Crippen LogP contribution in [0.25, 0.3) is 0 Å². The summed E-state index contributed by atoms with van der Waals surface area (Å²) in [7, 11) is 0. The quantitative estimate of drug-likeness (QED) is 0.834. The molecule has 1 aromatic heterocycles. The van der Waals surface area contributed by atoms with Gasteiger partial charge in [-0.25, -0.2) is 0 Å². The molecule has 19 heavy (non-hydrogen) atoms. The van der Waals surface area contributed by atoms with Gasteiger partial charge >= 0.3 is 0 Å². The van der Waals surface area contributed by atoms with Gasteiger partial charge < -0.3 is 10.1 Å². The van der Waals surface area contributed by atoms with Crippen molar-refractivity contribution < 1.29 is 9.53 Å². The van der Waals surface area contributed by atoms with Crippen molar-refractivity contribution in [3.05, 3.63) is 35.7 Å². The molecule has 0 atom stereocenters. The van der Waals surface area contributed by atoms with Crippen LogP contribution in [0.4, 0.5) is 0 Å². The Hall–Kier alpha value is -2.44. The van der Waals surface area contributed by atoms with Crippen LogP contribution in [0.5, 0.6) is 5.75 Å². The summed E-state index contributed by atoms with van der Waals surface area (Å²) in [5.41, 5.74) is 0.555. The molecular weight excluding hydrogens is 246 g/mol. The number of amides is 1. The third kappa shape index (κ3) is 3.77. The number of carbonyl (C=O) groups excluding carboxylic acids is 1. The van der Waals surface area contributed by atoms with Crippen LogP contribution in [0, 0.1) is 0 Å². The van der Waals surface area contributed by atoms with Gasteiger partial charge in [-0.1, -0.05) is 5.21 Å². The lowest BCUT2D eigenvalue weighted by Crippen LogP contribution is -2.23. The van der Waals surface area contributed by atoms with Gasteiger partial charge in [-0.2, -0.15) is 5.21 Å². The van der Waals surface area contributed by atoms with E-state index in [4.69, 9.17) is 4.74 Å². The highest BCUT2D eigenvalue weighted by atomic mass is 16.5. The van der Waals surface area contributed by atoms with Gasteiger partial charge in [0.25, 0.3) is 5.91 Å². The molecule has 2 rings (SSSR count). The van der Waals surface area contributed by atoms with Crippen LogP contribution in [0.1, 0.15) is 30.0 Å². The molecule has 0 aliphatic carbocycles. The second-order valence-corrected chi connectivity index (χ2v) is 4.20.